The van der Waals surface area contributed by atoms with E-state index in [1.54, 1.807) is 6.92 Å². The van der Waals surface area contributed by atoms with Crippen molar-refractivity contribution in [2.24, 2.45) is 0 Å². The van der Waals surface area contributed by atoms with E-state index in [0.29, 0.717) is 5.57 Å². The van der Waals surface area contributed by atoms with Crippen molar-refractivity contribution in [2.75, 3.05) is 0 Å². The highest BCUT2D eigenvalue weighted by atomic mass is 19.1. The highest BCUT2D eigenvalue weighted by Crippen LogP contribution is 2.01. The third kappa shape index (κ3) is 8.71. The van der Waals surface area contributed by atoms with Crippen molar-refractivity contribution in [1.82, 2.24) is 0 Å². The van der Waals surface area contributed by atoms with E-state index < -0.39 is 5.83 Å². The molecule has 0 aliphatic heterocycles. The first-order chi connectivity index (χ1) is 5.70. The molecule has 0 aromatic rings. The van der Waals surface area contributed by atoms with Crippen LogP contribution >= 0.6 is 0 Å². The first kappa shape index (κ1) is 13.3. The molecule has 0 aromatic carbocycles. The summed E-state index contributed by atoms with van der Waals surface area (Å²) in [6.07, 6.45) is 2.35. The molecule has 0 heterocycles. The Balaban J connectivity index is 0. The molecule has 12 heavy (non-hydrogen) atoms. The molecule has 0 atom stereocenters. The Labute approximate surface area is 74.5 Å². The lowest BCUT2D eigenvalue weighted by molar-refractivity contribution is 0.667. The first-order valence-corrected chi connectivity index (χ1v) is 3.82. The fraction of sp³-hybridized carbons (Fsp3) is 0.273. The van der Waals surface area contributed by atoms with Crippen LogP contribution in [0, 0.1) is 11.8 Å². The molecule has 0 aliphatic rings. The molecule has 66 valence electrons. The van der Waals surface area contributed by atoms with Gasteiger partial charge in [-0.2, -0.15) is 0 Å². The molecule has 0 rings (SSSR count). The van der Waals surface area contributed by atoms with Crippen molar-refractivity contribution in [1.29, 1.82) is 0 Å². The third-order valence-electron chi connectivity index (χ3n) is 0.793. The Bertz CT molecular complexity index is 223. The van der Waals surface area contributed by atoms with E-state index in [-0.39, 0.29) is 0 Å². The van der Waals surface area contributed by atoms with Gasteiger partial charge in [0.15, 0.2) is 0 Å². The Kier molecular flexibility index (Phi) is 10.8. The summed E-state index contributed by atoms with van der Waals surface area (Å²) < 4.78 is 12.3. The fourth-order valence-corrected chi connectivity index (χ4v) is 0.422. The van der Waals surface area contributed by atoms with E-state index in [0.717, 1.165) is 6.08 Å². The van der Waals surface area contributed by atoms with Gasteiger partial charge in [0, 0.05) is 5.57 Å². The lowest BCUT2D eigenvalue weighted by atomic mass is 10.3. The number of hydrogen-bond donors (Lipinski definition) is 0. The molecule has 0 saturated heterocycles. The summed E-state index contributed by atoms with van der Waals surface area (Å²) in [6.45, 7) is 12.4. The van der Waals surface area contributed by atoms with E-state index in [1.165, 1.54) is 6.08 Å². The highest BCUT2D eigenvalue weighted by Gasteiger charge is 1.85. The smallest absolute Gasteiger partial charge is 0.123 e. The van der Waals surface area contributed by atoms with E-state index in [9.17, 15) is 4.39 Å². The second-order valence-corrected chi connectivity index (χ2v) is 1.63. The molecule has 0 saturated carbocycles. The van der Waals surface area contributed by atoms with Crippen molar-refractivity contribution in [3.63, 3.8) is 0 Å². The number of allylic oxidation sites excluding steroid dienone is 4. The summed E-state index contributed by atoms with van der Waals surface area (Å²) in [5.41, 5.74) is 0.458. The van der Waals surface area contributed by atoms with Gasteiger partial charge >= 0.3 is 0 Å². The average Bonchev–Trinajstić information content (AvgIpc) is 2.08. The zero-order valence-electron chi connectivity index (χ0n) is 7.95. The molecule has 0 aliphatic carbocycles. The average molecular weight is 166 g/mol. The van der Waals surface area contributed by atoms with Gasteiger partial charge in [0.2, 0.25) is 0 Å². The fourth-order valence-electron chi connectivity index (χ4n) is 0.422. The normalized spacial score (nSPS) is 8.50. The van der Waals surface area contributed by atoms with Crippen LogP contribution in [0.3, 0.4) is 0 Å². The summed E-state index contributed by atoms with van der Waals surface area (Å²) in [6, 6.07) is 0. The largest absolute Gasteiger partial charge is 0.207 e. The standard InChI is InChI=1S/C9H9F.C2H6/c1-4-6-8(3)7-9(10)5-2;1-2/h5,7H,2-3H2,1H3;1-2H3/b9-7+;. The first-order valence-electron chi connectivity index (χ1n) is 3.82. The van der Waals surface area contributed by atoms with Crippen molar-refractivity contribution in [3.8, 4) is 11.8 Å². The van der Waals surface area contributed by atoms with Gasteiger partial charge in [0.25, 0.3) is 0 Å². The topological polar surface area (TPSA) is 0 Å². The van der Waals surface area contributed by atoms with Crippen LogP contribution in [0.1, 0.15) is 20.8 Å². The van der Waals surface area contributed by atoms with Crippen molar-refractivity contribution >= 4 is 0 Å². The maximum Gasteiger partial charge on any atom is 0.123 e. The summed E-state index contributed by atoms with van der Waals surface area (Å²) in [5.74, 6) is 4.79. The third-order valence-corrected chi connectivity index (χ3v) is 0.793. The molecule has 0 aromatic heterocycles. The lowest BCUT2D eigenvalue weighted by Crippen LogP contribution is -1.69. The van der Waals surface area contributed by atoms with Crippen LogP contribution in [0.2, 0.25) is 0 Å². The molecule has 0 amide bonds. The Morgan fingerprint density at radius 1 is 1.42 bits per heavy atom. The van der Waals surface area contributed by atoms with Crippen molar-refractivity contribution in [3.05, 3.63) is 36.7 Å². The van der Waals surface area contributed by atoms with Crippen LogP contribution in [0.25, 0.3) is 0 Å². The van der Waals surface area contributed by atoms with E-state index >= 15 is 0 Å². The van der Waals surface area contributed by atoms with E-state index in [2.05, 4.69) is 25.0 Å². The lowest BCUT2D eigenvalue weighted by Gasteiger charge is -1.84. The maximum atomic E-state index is 12.3. The molecule has 0 bridgehead atoms. The van der Waals surface area contributed by atoms with Crippen LogP contribution in [0.15, 0.2) is 36.7 Å². The monoisotopic (exact) mass is 166 g/mol. The van der Waals surface area contributed by atoms with Crippen molar-refractivity contribution in [2.45, 2.75) is 20.8 Å². The molecule has 0 N–H and O–H groups in total. The van der Waals surface area contributed by atoms with Gasteiger partial charge in [-0.25, -0.2) is 4.39 Å². The minimum atomic E-state index is -0.409. The molecule has 0 radical (unpaired) electrons. The SMILES string of the molecule is C=C/C(F)=C\C(=C)C#CC.CC. The van der Waals surface area contributed by atoms with Gasteiger partial charge in [-0.05, 0) is 19.1 Å². The molecule has 0 unspecified atom stereocenters. The quantitative estimate of drug-likeness (QED) is 0.434. The molecule has 0 fully saturated rings. The number of rotatable bonds is 2. The zero-order chi connectivity index (χ0) is 9.98. The van der Waals surface area contributed by atoms with Crippen LogP contribution in [-0.4, -0.2) is 0 Å². The Morgan fingerprint density at radius 2 is 1.92 bits per heavy atom. The van der Waals surface area contributed by atoms with Crippen molar-refractivity contribution < 1.29 is 4.39 Å². The van der Waals surface area contributed by atoms with Gasteiger partial charge in [-0.15, -0.1) is 5.92 Å². The highest BCUT2D eigenvalue weighted by molar-refractivity contribution is 5.37. The van der Waals surface area contributed by atoms with Crippen LogP contribution in [0.4, 0.5) is 4.39 Å². The molecule has 1 heteroatoms. The van der Waals surface area contributed by atoms with E-state index in [1.807, 2.05) is 13.8 Å². The number of hydrogen-bond acceptors (Lipinski definition) is 0. The zero-order valence-corrected chi connectivity index (χ0v) is 7.95. The second-order valence-electron chi connectivity index (χ2n) is 1.63. The van der Waals surface area contributed by atoms with E-state index in [4.69, 9.17) is 0 Å². The summed E-state index contributed by atoms with van der Waals surface area (Å²) in [7, 11) is 0. The second kappa shape index (κ2) is 9.71. The van der Waals surface area contributed by atoms with Crippen LogP contribution in [-0.2, 0) is 0 Å². The van der Waals surface area contributed by atoms with Gasteiger partial charge in [-0.3, -0.25) is 0 Å². The molecular weight excluding hydrogens is 151 g/mol. The minimum absolute atomic E-state index is 0.409. The van der Waals surface area contributed by atoms with Gasteiger partial charge in [0.1, 0.15) is 5.83 Å². The molecule has 0 nitrogen and oxygen atoms in total. The summed E-state index contributed by atoms with van der Waals surface area (Å²) in [5, 5.41) is 0. The van der Waals surface area contributed by atoms with Gasteiger partial charge in [-0.1, -0.05) is 32.9 Å². The Morgan fingerprint density at radius 3 is 2.25 bits per heavy atom. The predicted molar refractivity (Wildman–Crippen MR) is 53.3 cm³/mol. The van der Waals surface area contributed by atoms with Crippen LogP contribution in [0.5, 0.6) is 0 Å². The Hall–Kier alpha value is -1.29. The summed E-state index contributed by atoms with van der Waals surface area (Å²) in [4.78, 5) is 0. The minimum Gasteiger partial charge on any atom is -0.207 e. The van der Waals surface area contributed by atoms with Gasteiger partial charge in [0.05, 0.1) is 0 Å². The predicted octanol–water partition coefficient (Wildman–Crippen LogP) is 3.63. The van der Waals surface area contributed by atoms with Crippen LogP contribution < -0.4 is 0 Å². The van der Waals surface area contributed by atoms with Gasteiger partial charge < -0.3 is 0 Å². The maximum absolute atomic E-state index is 12.3. The summed E-state index contributed by atoms with van der Waals surface area (Å²) >= 11 is 0. The molecule has 0 spiro atoms. The molecular formula is C11H15F. The number of halogens is 1.